The van der Waals surface area contributed by atoms with Gasteiger partial charge in [0.1, 0.15) is 0 Å². The third kappa shape index (κ3) is 4.73. The topological polar surface area (TPSA) is 28.5 Å². The van der Waals surface area contributed by atoms with Gasteiger partial charge in [0.05, 0.1) is 17.4 Å². The number of benzene rings is 4. The Morgan fingerprint density at radius 3 is 2.10 bits per heavy atom. The Kier molecular flexibility index (Phi) is 6.39. The zero-order valence-corrected chi connectivity index (χ0v) is 22.5. The summed E-state index contributed by atoms with van der Waals surface area (Å²) in [7, 11) is 0. The first-order chi connectivity index (χ1) is 19.3. The van der Waals surface area contributed by atoms with Crippen molar-refractivity contribution in [3.05, 3.63) is 137 Å². The lowest BCUT2D eigenvalue weighted by atomic mass is 9.77. The molecular weight excluding hydrogens is 494 g/mol. The summed E-state index contributed by atoms with van der Waals surface area (Å²) in [5, 5.41) is 10.6. The van der Waals surface area contributed by atoms with Gasteiger partial charge >= 0.3 is 0 Å². The van der Waals surface area contributed by atoms with Crippen LogP contribution in [0.25, 0.3) is 28.5 Å². The Labute approximate surface area is 233 Å². The fraction of sp³-hybridized carbons (Fsp3) is 0.143. The highest BCUT2D eigenvalue weighted by Crippen LogP contribution is 2.47. The number of hydrogen-bond acceptors (Lipinski definition) is 4. The molecule has 0 radical (unpaired) electrons. The smallest absolute Gasteiger partial charge is 0.207 e. The molecule has 1 aromatic heterocycles. The molecule has 0 amide bonds. The number of fused-ring (bicyclic) bond motifs is 1. The van der Waals surface area contributed by atoms with Crippen LogP contribution in [0.1, 0.15) is 36.4 Å². The lowest BCUT2D eigenvalue weighted by molar-refractivity contribution is 0.487. The van der Waals surface area contributed by atoms with Crippen molar-refractivity contribution < 1.29 is 0 Å². The van der Waals surface area contributed by atoms with Crippen LogP contribution in [0, 0.1) is 5.92 Å². The maximum absolute atomic E-state index is 5.31. The third-order valence-electron chi connectivity index (χ3n) is 7.76. The van der Waals surface area contributed by atoms with Crippen LogP contribution in [0.5, 0.6) is 0 Å². The zero-order chi connectivity index (χ0) is 26.0. The summed E-state index contributed by atoms with van der Waals surface area (Å²) < 4.78 is 0. The molecule has 1 aliphatic heterocycles. The molecule has 190 valence electrons. The van der Waals surface area contributed by atoms with Crippen LogP contribution in [0.4, 0.5) is 5.13 Å². The van der Waals surface area contributed by atoms with E-state index in [4.69, 9.17) is 10.1 Å². The van der Waals surface area contributed by atoms with Crippen LogP contribution in [0.2, 0.25) is 0 Å². The van der Waals surface area contributed by atoms with Crippen molar-refractivity contribution in [3.63, 3.8) is 0 Å². The first-order valence-electron chi connectivity index (χ1n) is 13.6. The van der Waals surface area contributed by atoms with E-state index in [1.165, 1.54) is 40.0 Å². The molecule has 2 heterocycles. The highest BCUT2D eigenvalue weighted by atomic mass is 32.1. The number of anilines is 1. The van der Waals surface area contributed by atoms with Crippen LogP contribution in [-0.2, 0) is 0 Å². The van der Waals surface area contributed by atoms with Gasteiger partial charge in [-0.15, -0.1) is 11.3 Å². The van der Waals surface area contributed by atoms with Gasteiger partial charge in [-0.2, -0.15) is 5.10 Å². The van der Waals surface area contributed by atoms with E-state index in [0.717, 1.165) is 29.2 Å². The molecule has 39 heavy (non-hydrogen) atoms. The van der Waals surface area contributed by atoms with Gasteiger partial charge in [-0.05, 0) is 53.2 Å². The highest BCUT2D eigenvalue weighted by Gasteiger charge is 2.42. The Bertz CT molecular complexity index is 1620. The van der Waals surface area contributed by atoms with Crippen molar-refractivity contribution >= 4 is 28.3 Å². The molecule has 2 atom stereocenters. The molecule has 0 bridgehead atoms. The number of nitrogens with zero attached hydrogens (tertiary/aromatic N) is 3. The summed E-state index contributed by atoms with van der Waals surface area (Å²) >= 11 is 1.68. The molecule has 7 rings (SSSR count). The van der Waals surface area contributed by atoms with E-state index in [0.29, 0.717) is 5.92 Å². The van der Waals surface area contributed by atoms with Crippen molar-refractivity contribution in [2.75, 3.05) is 5.01 Å². The number of thiazole rings is 1. The monoisotopic (exact) mass is 523 g/mol. The molecule has 3 nitrogen and oxygen atoms in total. The van der Waals surface area contributed by atoms with Gasteiger partial charge in [0, 0.05) is 16.9 Å². The second-order valence-corrected chi connectivity index (χ2v) is 11.1. The van der Waals surface area contributed by atoms with Gasteiger partial charge in [-0.25, -0.2) is 9.99 Å². The minimum absolute atomic E-state index is 0.153. The summed E-state index contributed by atoms with van der Waals surface area (Å²) in [5.74, 6) is 0.355. The first-order valence-corrected chi connectivity index (χ1v) is 14.5. The summed E-state index contributed by atoms with van der Waals surface area (Å²) in [5.41, 5.74) is 9.68. The lowest BCUT2D eigenvalue weighted by Crippen LogP contribution is -2.28. The Morgan fingerprint density at radius 2 is 1.36 bits per heavy atom. The fourth-order valence-corrected chi connectivity index (χ4v) is 6.68. The standard InChI is InChI=1S/C35H29N3S/c1-4-11-25(12-5-1)23-30-17-10-18-31-33(30)37-38(34(31)29-15-8-3-9-16-29)35-36-32(24-39-35)28-21-19-27(20-22-28)26-13-6-2-7-14-26/h1-9,11-16,19-24,31,34H,10,17-18H2/b30-23+. The maximum Gasteiger partial charge on any atom is 0.207 e. The van der Waals surface area contributed by atoms with E-state index in [1.54, 1.807) is 11.3 Å². The predicted molar refractivity (Wildman–Crippen MR) is 164 cm³/mol. The average Bonchev–Trinajstić information content (AvgIpc) is 3.65. The van der Waals surface area contributed by atoms with E-state index < -0.39 is 0 Å². The average molecular weight is 524 g/mol. The number of hydrogen-bond donors (Lipinski definition) is 0. The molecular formula is C35H29N3S. The summed E-state index contributed by atoms with van der Waals surface area (Å²) in [6.07, 6.45) is 5.71. The quantitative estimate of drug-likeness (QED) is 0.230. The largest absolute Gasteiger partial charge is 0.231 e. The maximum atomic E-state index is 5.31. The zero-order valence-electron chi connectivity index (χ0n) is 21.7. The van der Waals surface area contributed by atoms with E-state index in [-0.39, 0.29) is 6.04 Å². The molecule has 2 unspecified atom stereocenters. The molecule has 4 aromatic carbocycles. The van der Waals surface area contributed by atoms with E-state index in [1.807, 2.05) is 0 Å². The Hall–Kier alpha value is -4.28. The molecule has 2 aliphatic rings. The van der Waals surface area contributed by atoms with Crippen LogP contribution in [0.15, 0.2) is 131 Å². The summed E-state index contributed by atoms with van der Waals surface area (Å²) in [6, 6.07) is 40.8. The first kappa shape index (κ1) is 23.8. The fourth-order valence-electron chi connectivity index (χ4n) is 5.86. The molecule has 1 fully saturated rings. The second kappa shape index (κ2) is 10.5. The van der Waals surface area contributed by atoms with Crippen LogP contribution in [-0.4, -0.2) is 10.7 Å². The van der Waals surface area contributed by atoms with Gasteiger partial charge in [-0.3, -0.25) is 0 Å². The van der Waals surface area contributed by atoms with Crippen molar-refractivity contribution in [1.82, 2.24) is 4.98 Å². The summed E-state index contributed by atoms with van der Waals surface area (Å²) in [4.78, 5) is 5.13. The second-order valence-electron chi connectivity index (χ2n) is 10.2. The molecule has 0 N–H and O–H groups in total. The molecule has 0 saturated heterocycles. The molecule has 0 spiro atoms. The minimum atomic E-state index is 0.153. The van der Waals surface area contributed by atoms with Gasteiger partial charge in [0.2, 0.25) is 5.13 Å². The van der Waals surface area contributed by atoms with E-state index in [2.05, 4.69) is 132 Å². The van der Waals surface area contributed by atoms with Crippen molar-refractivity contribution in [2.24, 2.45) is 11.0 Å². The Balaban J connectivity index is 1.24. The van der Waals surface area contributed by atoms with Gasteiger partial charge in [-0.1, -0.05) is 115 Å². The van der Waals surface area contributed by atoms with Gasteiger partial charge in [0.15, 0.2) is 0 Å². The minimum Gasteiger partial charge on any atom is -0.231 e. The van der Waals surface area contributed by atoms with E-state index in [9.17, 15) is 0 Å². The summed E-state index contributed by atoms with van der Waals surface area (Å²) in [6.45, 7) is 0. The van der Waals surface area contributed by atoms with Crippen molar-refractivity contribution in [3.8, 4) is 22.4 Å². The SMILES string of the molecule is C(=C1/CCCC2C1=NN(c1nc(-c3ccc(-c4ccccc4)cc3)cs1)C2c1ccccc1)/c1ccccc1. The number of aromatic nitrogens is 1. The van der Waals surface area contributed by atoms with Gasteiger partial charge in [0.25, 0.3) is 0 Å². The Morgan fingerprint density at radius 1 is 0.718 bits per heavy atom. The predicted octanol–water partition coefficient (Wildman–Crippen LogP) is 9.28. The molecule has 1 saturated carbocycles. The molecule has 4 heteroatoms. The molecule has 1 aliphatic carbocycles. The van der Waals surface area contributed by atoms with E-state index >= 15 is 0 Å². The number of allylic oxidation sites excluding steroid dienone is 1. The highest BCUT2D eigenvalue weighted by molar-refractivity contribution is 7.14. The number of rotatable bonds is 5. The van der Waals surface area contributed by atoms with Crippen molar-refractivity contribution in [1.29, 1.82) is 0 Å². The third-order valence-corrected chi connectivity index (χ3v) is 8.59. The van der Waals surface area contributed by atoms with Crippen LogP contribution < -0.4 is 5.01 Å². The lowest BCUT2D eigenvalue weighted by Gasteiger charge is -2.29. The van der Waals surface area contributed by atoms with Gasteiger partial charge < -0.3 is 0 Å². The van der Waals surface area contributed by atoms with Crippen LogP contribution in [0.3, 0.4) is 0 Å². The van der Waals surface area contributed by atoms with Crippen molar-refractivity contribution in [2.45, 2.75) is 25.3 Å². The molecule has 5 aromatic rings. The number of hydrazone groups is 1. The van der Waals surface area contributed by atoms with Crippen LogP contribution >= 0.6 is 11.3 Å². The normalized spacial score (nSPS) is 19.6.